The van der Waals surface area contributed by atoms with E-state index in [-0.39, 0.29) is 24.1 Å². The first kappa shape index (κ1) is 12.2. The van der Waals surface area contributed by atoms with Gasteiger partial charge in [-0.15, -0.1) is 0 Å². The van der Waals surface area contributed by atoms with E-state index in [1.807, 2.05) is 13.8 Å². The van der Waals surface area contributed by atoms with Gasteiger partial charge in [-0.25, -0.2) is 0 Å². The second kappa shape index (κ2) is 5.88. The molecule has 82 valence electrons. The Morgan fingerprint density at radius 3 is 2.36 bits per heavy atom. The molecule has 0 spiro atoms. The number of rotatable bonds is 3. The summed E-state index contributed by atoms with van der Waals surface area (Å²) in [5, 5.41) is 0. The molecule has 14 heavy (non-hydrogen) atoms. The lowest BCUT2D eigenvalue weighted by atomic mass is 10.2. The SMILES string of the molecule is COC1CSSCC1OC(=O)C(C)C. The summed E-state index contributed by atoms with van der Waals surface area (Å²) in [6, 6.07) is 0. The quantitative estimate of drug-likeness (QED) is 0.553. The first-order valence-electron chi connectivity index (χ1n) is 4.63. The number of hydrogen-bond acceptors (Lipinski definition) is 5. The zero-order valence-corrected chi connectivity index (χ0v) is 10.3. The fraction of sp³-hybridized carbons (Fsp3) is 0.889. The molecule has 1 aliphatic rings. The van der Waals surface area contributed by atoms with E-state index in [1.54, 1.807) is 28.7 Å². The van der Waals surface area contributed by atoms with E-state index >= 15 is 0 Å². The highest BCUT2D eigenvalue weighted by molar-refractivity contribution is 8.76. The monoisotopic (exact) mass is 236 g/mol. The van der Waals surface area contributed by atoms with E-state index in [9.17, 15) is 4.79 Å². The van der Waals surface area contributed by atoms with Crippen LogP contribution >= 0.6 is 21.6 Å². The molecule has 0 radical (unpaired) electrons. The molecule has 0 aromatic carbocycles. The van der Waals surface area contributed by atoms with Gasteiger partial charge in [0.15, 0.2) is 0 Å². The molecule has 1 fully saturated rings. The summed E-state index contributed by atoms with van der Waals surface area (Å²) < 4.78 is 10.6. The summed E-state index contributed by atoms with van der Waals surface area (Å²) in [5.41, 5.74) is 0. The van der Waals surface area contributed by atoms with Gasteiger partial charge in [0.1, 0.15) is 12.2 Å². The maximum Gasteiger partial charge on any atom is 0.308 e. The fourth-order valence-electron chi connectivity index (χ4n) is 1.06. The van der Waals surface area contributed by atoms with Gasteiger partial charge in [-0.1, -0.05) is 35.4 Å². The summed E-state index contributed by atoms with van der Waals surface area (Å²) in [5.74, 6) is 1.51. The van der Waals surface area contributed by atoms with Crippen molar-refractivity contribution in [2.24, 2.45) is 5.92 Å². The second-order valence-corrected chi connectivity index (χ2v) is 6.03. The molecule has 1 heterocycles. The van der Waals surface area contributed by atoms with Crippen molar-refractivity contribution in [2.75, 3.05) is 18.6 Å². The highest BCUT2D eigenvalue weighted by atomic mass is 33.1. The fourth-order valence-corrected chi connectivity index (χ4v) is 3.54. The van der Waals surface area contributed by atoms with Gasteiger partial charge in [-0.3, -0.25) is 4.79 Å². The van der Waals surface area contributed by atoms with Crippen LogP contribution in [0.3, 0.4) is 0 Å². The maximum absolute atomic E-state index is 11.4. The van der Waals surface area contributed by atoms with Gasteiger partial charge in [0.25, 0.3) is 0 Å². The van der Waals surface area contributed by atoms with Crippen LogP contribution in [0.2, 0.25) is 0 Å². The van der Waals surface area contributed by atoms with Gasteiger partial charge in [0.05, 0.1) is 5.92 Å². The standard InChI is InChI=1S/C9H16O3S2/c1-6(2)9(10)12-8-5-14-13-4-7(8)11-3/h6-8H,4-5H2,1-3H3. The normalized spacial score (nSPS) is 27.7. The third kappa shape index (κ3) is 3.37. The van der Waals surface area contributed by atoms with Crippen LogP contribution in [0.1, 0.15) is 13.8 Å². The van der Waals surface area contributed by atoms with E-state index in [0.29, 0.717) is 0 Å². The molecular formula is C9H16O3S2. The Kier molecular flexibility index (Phi) is 5.12. The van der Waals surface area contributed by atoms with Gasteiger partial charge in [-0.05, 0) is 0 Å². The smallest absolute Gasteiger partial charge is 0.308 e. The molecule has 1 saturated heterocycles. The van der Waals surface area contributed by atoms with E-state index in [2.05, 4.69) is 0 Å². The van der Waals surface area contributed by atoms with Crippen molar-refractivity contribution in [3.05, 3.63) is 0 Å². The molecule has 5 heteroatoms. The molecular weight excluding hydrogens is 220 g/mol. The molecule has 2 unspecified atom stereocenters. The molecule has 3 nitrogen and oxygen atoms in total. The Morgan fingerprint density at radius 1 is 1.29 bits per heavy atom. The van der Waals surface area contributed by atoms with Crippen molar-refractivity contribution in [2.45, 2.75) is 26.1 Å². The molecule has 0 aliphatic carbocycles. The molecule has 1 rings (SSSR count). The largest absolute Gasteiger partial charge is 0.458 e. The maximum atomic E-state index is 11.4. The number of ether oxygens (including phenoxy) is 2. The number of esters is 1. The Balaban J connectivity index is 2.44. The first-order chi connectivity index (χ1) is 6.65. The third-order valence-electron chi connectivity index (χ3n) is 2.00. The molecule has 0 N–H and O–H groups in total. The minimum absolute atomic E-state index is 0.0453. The number of methoxy groups -OCH3 is 1. The van der Waals surface area contributed by atoms with Gasteiger partial charge in [-0.2, -0.15) is 0 Å². The first-order valence-corrected chi connectivity index (χ1v) is 7.11. The second-order valence-electron chi connectivity index (χ2n) is 3.47. The molecule has 2 atom stereocenters. The summed E-state index contributed by atoms with van der Waals surface area (Å²) in [6.07, 6.45) is -0.0369. The number of carbonyl (C=O) groups excluding carboxylic acids is 1. The van der Waals surface area contributed by atoms with Gasteiger partial charge < -0.3 is 9.47 Å². The molecule has 0 aromatic heterocycles. The predicted molar refractivity (Wildman–Crippen MR) is 60.4 cm³/mol. The molecule has 0 bridgehead atoms. The minimum atomic E-state index is -0.135. The van der Waals surface area contributed by atoms with E-state index in [0.717, 1.165) is 11.5 Å². The average Bonchev–Trinajstić information content (AvgIpc) is 2.18. The Hall–Kier alpha value is 0.130. The van der Waals surface area contributed by atoms with Crippen LogP contribution in [0, 0.1) is 5.92 Å². The topological polar surface area (TPSA) is 35.5 Å². The van der Waals surface area contributed by atoms with Crippen LogP contribution in [0.5, 0.6) is 0 Å². The lowest BCUT2D eigenvalue weighted by molar-refractivity contribution is -0.157. The Labute approximate surface area is 92.7 Å². The van der Waals surface area contributed by atoms with Crippen LogP contribution in [0.15, 0.2) is 0 Å². The van der Waals surface area contributed by atoms with Crippen LogP contribution < -0.4 is 0 Å². The van der Waals surface area contributed by atoms with Crippen molar-refractivity contribution < 1.29 is 14.3 Å². The number of carbonyl (C=O) groups is 1. The van der Waals surface area contributed by atoms with Crippen LogP contribution in [0.4, 0.5) is 0 Å². The van der Waals surface area contributed by atoms with E-state index in [4.69, 9.17) is 9.47 Å². The summed E-state index contributed by atoms with van der Waals surface area (Å²) in [4.78, 5) is 11.4. The molecule has 0 saturated carbocycles. The highest BCUT2D eigenvalue weighted by Crippen LogP contribution is 2.32. The van der Waals surface area contributed by atoms with Crippen LogP contribution in [-0.2, 0) is 14.3 Å². The Morgan fingerprint density at radius 2 is 1.86 bits per heavy atom. The van der Waals surface area contributed by atoms with Gasteiger partial charge in [0.2, 0.25) is 0 Å². The Bertz CT molecular complexity index is 196. The van der Waals surface area contributed by atoms with Crippen molar-refractivity contribution in [1.29, 1.82) is 0 Å². The van der Waals surface area contributed by atoms with Crippen LogP contribution in [0.25, 0.3) is 0 Å². The van der Waals surface area contributed by atoms with E-state index in [1.165, 1.54) is 0 Å². The van der Waals surface area contributed by atoms with Gasteiger partial charge in [0, 0.05) is 18.6 Å². The average molecular weight is 236 g/mol. The molecule has 0 amide bonds. The van der Waals surface area contributed by atoms with Crippen LogP contribution in [-0.4, -0.2) is 36.8 Å². The van der Waals surface area contributed by atoms with E-state index < -0.39 is 0 Å². The number of hydrogen-bond donors (Lipinski definition) is 0. The van der Waals surface area contributed by atoms with Crippen molar-refractivity contribution in [1.82, 2.24) is 0 Å². The third-order valence-corrected chi connectivity index (χ3v) is 4.42. The van der Waals surface area contributed by atoms with Gasteiger partial charge >= 0.3 is 5.97 Å². The van der Waals surface area contributed by atoms with Crippen molar-refractivity contribution >= 4 is 27.6 Å². The molecule has 1 aliphatic heterocycles. The van der Waals surface area contributed by atoms with Crippen molar-refractivity contribution in [3.8, 4) is 0 Å². The lowest BCUT2D eigenvalue weighted by Gasteiger charge is -2.29. The lowest BCUT2D eigenvalue weighted by Crippen LogP contribution is -2.39. The minimum Gasteiger partial charge on any atom is -0.458 e. The zero-order valence-electron chi connectivity index (χ0n) is 8.69. The zero-order chi connectivity index (χ0) is 10.6. The summed E-state index contributed by atoms with van der Waals surface area (Å²) >= 11 is 0. The summed E-state index contributed by atoms with van der Waals surface area (Å²) in [6.45, 7) is 3.68. The predicted octanol–water partition coefficient (Wildman–Crippen LogP) is 1.96. The highest BCUT2D eigenvalue weighted by Gasteiger charge is 2.29. The molecule has 0 aromatic rings. The van der Waals surface area contributed by atoms with Crippen molar-refractivity contribution in [3.63, 3.8) is 0 Å². The summed E-state index contributed by atoms with van der Waals surface area (Å²) in [7, 11) is 5.17.